The highest BCUT2D eigenvalue weighted by Crippen LogP contribution is 2.44. The molecule has 1 aliphatic carbocycles. The quantitative estimate of drug-likeness (QED) is 0.736. The number of benzene rings is 1. The van der Waals surface area contributed by atoms with Gasteiger partial charge in [-0.2, -0.15) is 0 Å². The van der Waals surface area contributed by atoms with Gasteiger partial charge in [0.25, 0.3) is 0 Å². The van der Waals surface area contributed by atoms with E-state index in [-0.39, 0.29) is 17.2 Å². The fourth-order valence-corrected chi connectivity index (χ4v) is 3.97. The van der Waals surface area contributed by atoms with Crippen molar-refractivity contribution >= 4 is 17.5 Å². The summed E-state index contributed by atoms with van der Waals surface area (Å²) in [6.07, 6.45) is 4.79. The molecule has 0 bridgehead atoms. The normalized spacial score (nSPS) is 25.1. The molecule has 1 saturated carbocycles. The summed E-state index contributed by atoms with van der Waals surface area (Å²) in [4.78, 5) is 24.1. The second-order valence-electron chi connectivity index (χ2n) is 6.98. The average Bonchev–Trinajstić information content (AvgIpc) is 3.08. The van der Waals surface area contributed by atoms with Gasteiger partial charge < -0.3 is 20.7 Å². The van der Waals surface area contributed by atoms with Crippen molar-refractivity contribution in [3.8, 4) is 5.75 Å². The van der Waals surface area contributed by atoms with Crippen molar-refractivity contribution in [1.82, 2.24) is 10.6 Å². The molecule has 25 heavy (non-hydrogen) atoms. The molecule has 2 fully saturated rings. The van der Waals surface area contributed by atoms with Crippen LogP contribution in [-0.4, -0.2) is 38.6 Å². The summed E-state index contributed by atoms with van der Waals surface area (Å²) < 4.78 is 5.54. The van der Waals surface area contributed by atoms with Crippen LogP contribution in [-0.2, 0) is 9.59 Å². The number of hydrogen-bond donors (Lipinski definition) is 3. The standard InChI is InChI=1S/C19H27N3O3/c1-20-17(23)9-11-25-16-7-5-15(6-8-16)22-18(24)19-10-3-2-4-14(19)12-21-13-19/h5-8,14,21H,2-4,9-13H2,1H3,(H,20,23)(H,22,24)/t14-,19+/m0/s1. The van der Waals surface area contributed by atoms with E-state index in [1.165, 1.54) is 6.42 Å². The highest BCUT2D eigenvalue weighted by atomic mass is 16.5. The Bertz CT molecular complexity index is 617. The van der Waals surface area contributed by atoms with Gasteiger partial charge in [-0.25, -0.2) is 0 Å². The molecular weight excluding hydrogens is 318 g/mol. The Balaban J connectivity index is 1.56. The van der Waals surface area contributed by atoms with Gasteiger partial charge in [0.2, 0.25) is 11.8 Å². The molecule has 1 aliphatic heterocycles. The number of rotatable bonds is 6. The molecule has 1 aromatic carbocycles. The number of anilines is 1. The van der Waals surface area contributed by atoms with Crippen LogP contribution in [0.3, 0.4) is 0 Å². The maximum atomic E-state index is 12.9. The van der Waals surface area contributed by atoms with Crippen LogP contribution in [0, 0.1) is 11.3 Å². The van der Waals surface area contributed by atoms with Gasteiger partial charge in [-0.3, -0.25) is 9.59 Å². The molecule has 0 unspecified atom stereocenters. The van der Waals surface area contributed by atoms with Crippen molar-refractivity contribution in [1.29, 1.82) is 0 Å². The van der Waals surface area contributed by atoms with Crippen LogP contribution in [0.4, 0.5) is 5.69 Å². The summed E-state index contributed by atoms with van der Waals surface area (Å²) >= 11 is 0. The average molecular weight is 345 g/mol. The lowest BCUT2D eigenvalue weighted by Gasteiger charge is -2.37. The Morgan fingerprint density at radius 2 is 2.08 bits per heavy atom. The Morgan fingerprint density at radius 3 is 2.84 bits per heavy atom. The van der Waals surface area contributed by atoms with Gasteiger partial charge >= 0.3 is 0 Å². The Labute approximate surface area is 148 Å². The van der Waals surface area contributed by atoms with E-state index in [1.54, 1.807) is 7.05 Å². The number of amides is 2. The molecule has 1 aromatic rings. The van der Waals surface area contributed by atoms with E-state index in [0.717, 1.165) is 38.0 Å². The summed E-state index contributed by atoms with van der Waals surface area (Å²) in [5, 5.41) is 9.05. The summed E-state index contributed by atoms with van der Waals surface area (Å²) in [5.74, 6) is 1.23. The third-order valence-corrected chi connectivity index (χ3v) is 5.48. The fourth-order valence-electron chi connectivity index (χ4n) is 3.97. The molecule has 0 aromatic heterocycles. The molecule has 2 atom stereocenters. The molecule has 3 N–H and O–H groups in total. The fraction of sp³-hybridized carbons (Fsp3) is 0.579. The number of ether oxygens (including phenoxy) is 1. The first-order valence-corrected chi connectivity index (χ1v) is 9.10. The SMILES string of the molecule is CNC(=O)CCOc1ccc(NC(=O)[C@@]23CCCC[C@H]2CNC3)cc1. The van der Waals surface area contributed by atoms with Crippen LogP contribution in [0.15, 0.2) is 24.3 Å². The lowest BCUT2D eigenvalue weighted by atomic mass is 9.67. The minimum absolute atomic E-state index is 0.0460. The van der Waals surface area contributed by atoms with Crippen LogP contribution in [0.5, 0.6) is 5.75 Å². The molecule has 3 rings (SSSR count). The molecule has 0 radical (unpaired) electrons. The molecule has 2 amide bonds. The Hall–Kier alpha value is -2.08. The lowest BCUT2D eigenvalue weighted by Crippen LogP contribution is -2.44. The zero-order valence-corrected chi connectivity index (χ0v) is 14.8. The van der Waals surface area contributed by atoms with Crippen molar-refractivity contribution < 1.29 is 14.3 Å². The van der Waals surface area contributed by atoms with Crippen molar-refractivity contribution in [2.75, 3.05) is 32.1 Å². The van der Waals surface area contributed by atoms with Gasteiger partial charge in [-0.15, -0.1) is 0 Å². The zero-order chi connectivity index (χ0) is 17.7. The molecule has 136 valence electrons. The van der Waals surface area contributed by atoms with Crippen LogP contribution in [0.2, 0.25) is 0 Å². The number of carbonyl (C=O) groups is 2. The van der Waals surface area contributed by atoms with Crippen LogP contribution in [0.25, 0.3) is 0 Å². The first kappa shape index (κ1) is 17.7. The number of carbonyl (C=O) groups excluding carboxylic acids is 2. The summed E-state index contributed by atoms with van der Waals surface area (Å²) in [7, 11) is 1.61. The van der Waals surface area contributed by atoms with E-state index in [1.807, 2.05) is 24.3 Å². The highest BCUT2D eigenvalue weighted by Gasteiger charge is 2.49. The number of nitrogens with one attached hydrogen (secondary N) is 3. The first-order valence-electron chi connectivity index (χ1n) is 9.10. The topological polar surface area (TPSA) is 79.5 Å². The summed E-state index contributed by atoms with van der Waals surface area (Å²) in [5.41, 5.74) is 0.537. The van der Waals surface area contributed by atoms with E-state index in [4.69, 9.17) is 4.74 Å². The Morgan fingerprint density at radius 1 is 1.28 bits per heavy atom. The van der Waals surface area contributed by atoms with E-state index >= 15 is 0 Å². The second kappa shape index (κ2) is 7.87. The number of fused-ring (bicyclic) bond motifs is 1. The largest absolute Gasteiger partial charge is 0.493 e. The molecule has 6 nitrogen and oxygen atoms in total. The maximum Gasteiger partial charge on any atom is 0.232 e. The lowest BCUT2D eigenvalue weighted by molar-refractivity contribution is -0.128. The molecule has 1 heterocycles. The van der Waals surface area contributed by atoms with Crippen molar-refractivity contribution in [2.24, 2.45) is 11.3 Å². The third kappa shape index (κ3) is 3.95. The van der Waals surface area contributed by atoms with Crippen LogP contribution >= 0.6 is 0 Å². The Kier molecular flexibility index (Phi) is 5.58. The monoisotopic (exact) mass is 345 g/mol. The van der Waals surface area contributed by atoms with Crippen LogP contribution < -0.4 is 20.7 Å². The van der Waals surface area contributed by atoms with E-state index in [0.29, 0.717) is 24.7 Å². The summed E-state index contributed by atoms with van der Waals surface area (Å²) in [6, 6.07) is 7.35. The predicted octanol–water partition coefficient (Wildman–Crippen LogP) is 1.92. The van der Waals surface area contributed by atoms with E-state index < -0.39 is 0 Å². The van der Waals surface area contributed by atoms with Gasteiger partial charge in [0.15, 0.2) is 0 Å². The van der Waals surface area contributed by atoms with E-state index in [9.17, 15) is 9.59 Å². The zero-order valence-electron chi connectivity index (χ0n) is 14.8. The summed E-state index contributed by atoms with van der Waals surface area (Å²) in [6.45, 7) is 2.07. The van der Waals surface area contributed by atoms with Crippen molar-refractivity contribution in [3.05, 3.63) is 24.3 Å². The second-order valence-corrected chi connectivity index (χ2v) is 6.98. The van der Waals surface area contributed by atoms with Crippen LogP contribution in [0.1, 0.15) is 32.1 Å². The smallest absolute Gasteiger partial charge is 0.232 e. The first-order chi connectivity index (χ1) is 12.1. The maximum absolute atomic E-state index is 12.9. The molecule has 2 aliphatic rings. The molecular formula is C19H27N3O3. The molecule has 1 saturated heterocycles. The molecule has 6 heteroatoms. The minimum Gasteiger partial charge on any atom is -0.493 e. The molecule has 0 spiro atoms. The third-order valence-electron chi connectivity index (χ3n) is 5.48. The van der Waals surface area contributed by atoms with Gasteiger partial charge in [0.05, 0.1) is 18.4 Å². The minimum atomic E-state index is -0.249. The van der Waals surface area contributed by atoms with Crippen molar-refractivity contribution in [2.45, 2.75) is 32.1 Å². The van der Waals surface area contributed by atoms with Gasteiger partial charge in [0.1, 0.15) is 5.75 Å². The van der Waals surface area contributed by atoms with Gasteiger partial charge in [0, 0.05) is 19.3 Å². The number of hydrogen-bond acceptors (Lipinski definition) is 4. The van der Waals surface area contributed by atoms with E-state index in [2.05, 4.69) is 16.0 Å². The van der Waals surface area contributed by atoms with Gasteiger partial charge in [-0.1, -0.05) is 12.8 Å². The van der Waals surface area contributed by atoms with Gasteiger partial charge in [-0.05, 0) is 49.6 Å². The predicted molar refractivity (Wildman–Crippen MR) is 96.5 cm³/mol. The highest BCUT2D eigenvalue weighted by molar-refractivity contribution is 5.96. The van der Waals surface area contributed by atoms with Crippen molar-refractivity contribution in [3.63, 3.8) is 0 Å².